The third-order valence-corrected chi connectivity index (χ3v) is 3.00. The summed E-state index contributed by atoms with van der Waals surface area (Å²) >= 11 is 5.88. The zero-order chi connectivity index (χ0) is 13.2. The summed E-state index contributed by atoms with van der Waals surface area (Å²) < 4.78 is 0. The molecular formula is C14H10ClN3O. The van der Waals surface area contributed by atoms with Crippen LogP contribution in [-0.4, -0.2) is 21.5 Å². The number of aromatic nitrogens is 2. The van der Waals surface area contributed by atoms with Gasteiger partial charge in [0.15, 0.2) is 0 Å². The second-order valence-corrected chi connectivity index (χ2v) is 4.54. The summed E-state index contributed by atoms with van der Waals surface area (Å²) in [6.45, 7) is 0. The molecule has 0 saturated heterocycles. The van der Waals surface area contributed by atoms with Gasteiger partial charge in [-0.1, -0.05) is 11.6 Å². The predicted octanol–water partition coefficient (Wildman–Crippen LogP) is 3.67. The van der Waals surface area contributed by atoms with Crippen LogP contribution in [0, 0.1) is 0 Å². The molecule has 0 aliphatic heterocycles. The first kappa shape index (κ1) is 11.7. The lowest BCUT2D eigenvalue weighted by Gasteiger charge is -1.99. The van der Waals surface area contributed by atoms with E-state index in [1.165, 1.54) is 0 Å². The van der Waals surface area contributed by atoms with Crippen LogP contribution in [0.2, 0.25) is 5.02 Å². The van der Waals surface area contributed by atoms with Gasteiger partial charge < -0.3 is 5.11 Å². The number of halogens is 1. The van der Waals surface area contributed by atoms with E-state index < -0.39 is 0 Å². The van der Waals surface area contributed by atoms with Crippen LogP contribution in [-0.2, 0) is 0 Å². The van der Waals surface area contributed by atoms with Crippen LogP contribution in [0.4, 0.5) is 5.69 Å². The highest BCUT2D eigenvalue weighted by molar-refractivity contribution is 6.30. The number of phenols is 1. The lowest BCUT2D eigenvalue weighted by atomic mass is 10.2. The topological polar surface area (TPSA) is 61.3 Å². The van der Waals surface area contributed by atoms with E-state index in [4.69, 9.17) is 11.6 Å². The SMILES string of the molecule is Oc1ccc(Cl)cc1C=Nc1ccc2[nH]ncc2c1. The molecule has 0 fully saturated rings. The third kappa shape index (κ3) is 2.44. The molecule has 0 aliphatic rings. The van der Waals surface area contributed by atoms with Gasteiger partial charge in [0.1, 0.15) is 5.75 Å². The first-order valence-electron chi connectivity index (χ1n) is 5.68. The van der Waals surface area contributed by atoms with Gasteiger partial charge in [-0.05, 0) is 36.4 Å². The standard InChI is InChI=1S/C14H10ClN3O/c15-11-1-4-14(19)10(5-11)7-16-12-2-3-13-9(6-12)8-17-18-13/h1-8,19H,(H,17,18). The van der Waals surface area contributed by atoms with Crippen LogP contribution in [0.25, 0.3) is 10.9 Å². The molecule has 2 aromatic carbocycles. The Morgan fingerprint density at radius 3 is 3.00 bits per heavy atom. The summed E-state index contributed by atoms with van der Waals surface area (Å²) in [5, 5.41) is 18.1. The Kier molecular flexibility index (Phi) is 2.93. The fourth-order valence-electron chi connectivity index (χ4n) is 1.78. The van der Waals surface area contributed by atoms with Crippen molar-refractivity contribution in [3.8, 4) is 5.75 Å². The minimum Gasteiger partial charge on any atom is -0.507 e. The Morgan fingerprint density at radius 1 is 1.21 bits per heavy atom. The van der Waals surface area contributed by atoms with E-state index in [1.807, 2.05) is 18.2 Å². The van der Waals surface area contributed by atoms with Gasteiger partial charge in [-0.15, -0.1) is 0 Å². The Bertz CT molecular complexity index is 764. The maximum atomic E-state index is 9.69. The van der Waals surface area contributed by atoms with Crippen molar-refractivity contribution in [2.45, 2.75) is 0 Å². The average Bonchev–Trinajstić information content (AvgIpc) is 2.87. The molecule has 19 heavy (non-hydrogen) atoms. The lowest BCUT2D eigenvalue weighted by Crippen LogP contribution is -1.82. The van der Waals surface area contributed by atoms with Crippen molar-refractivity contribution < 1.29 is 5.11 Å². The van der Waals surface area contributed by atoms with Gasteiger partial charge in [0.2, 0.25) is 0 Å². The van der Waals surface area contributed by atoms with Crippen LogP contribution in [0.1, 0.15) is 5.56 Å². The van der Waals surface area contributed by atoms with Crippen molar-refractivity contribution in [2.24, 2.45) is 4.99 Å². The highest BCUT2D eigenvalue weighted by Crippen LogP contribution is 2.22. The molecule has 1 heterocycles. The molecule has 2 N–H and O–H groups in total. The predicted molar refractivity (Wildman–Crippen MR) is 76.5 cm³/mol. The highest BCUT2D eigenvalue weighted by Gasteiger charge is 2.00. The van der Waals surface area contributed by atoms with Gasteiger partial charge in [-0.2, -0.15) is 5.10 Å². The molecule has 0 spiro atoms. The summed E-state index contributed by atoms with van der Waals surface area (Å²) in [7, 11) is 0. The van der Waals surface area contributed by atoms with Gasteiger partial charge >= 0.3 is 0 Å². The molecule has 0 radical (unpaired) electrons. The molecule has 0 saturated carbocycles. The number of benzene rings is 2. The van der Waals surface area contributed by atoms with E-state index in [-0.39, 0.29) is 5.75 Å². The molecule has 3 aromatic rings. The second-order valence-electron chi connectivity index (χ2n) is 4.10. The van der Waals surface area contributed by atoms with E-state index in [2.05, 4.69) is 15.2 Å². The number of rotatable bonds is 2. The number of aromatic hydroxyl groups is 1. The van der Waals surface area contributed by atoms with E-state index in [1.54, 1.807) is 30.6 Å². The van der Waals surface area contributed by atoms with Crippen molar-refractivity contribution in [3.05, 3.63) is 53.2 Å². The van der Waals surface area contributed by atoms with Crippen molar-refractivity contribution in [3.63, 3.8) is 0 Å². The minimum atomic E-state index is 0.150. The number of hydrogen-bond acceptors (Lipinski definition) is 3. The summed E-state index contributed by atoms with van der Waals surface area (Å²) in [6.07, 6.45) is 3.33. The Balaban J connectivity index is 1.95. The molecule has 3 rings (SSSR count). The van der Waals surface area contributed by atoms with Crippen LogP contribution < -0.4 is 0 Å². The van der Waals surface area contributed by atoms with Gasteiger partial charge in [0.05, 0.1) is 17.4 Å². The number of fused-ring (bicyclic) bond motifs is 1. The molecule has 0 unspecified atom stereocenters. The van der Waals surface area contributed by atoms with Crippen molar-refractivity contribution in [2.75, 3.05) is 0 Å². The number of phenolic OH excluding ortho intramolecular Hbond substituents is 1. The first-order chi connectivity index (χ1) is 9.22. The fourth-order valence-corrected chi connectivity index (χ4v) is 1.96. The van der Waals surface area contributed by atoms with Crippen LogP contribution in [0.15, 0.2) is 47.6 Å². The normalized spacial score (nSPS) is 11.4. The summed E-state index contributed by atoms with van der Waals surface area (Å²) in [4.78, 5) is 4.32. The van der Waals surface area contributed by atoms with E-state index in [0.717, 1.165) is 16.6 Å². The molecule has 0 amide bonds. The van der Waals surface area contributed by atoms with Crippen molar-refractivity contribution >= 4 is 34.4 Å². The van der Waals surface area contributed by atoms with Crippen LogP contribution >= 0.6 is 11.6 Å². The van der Waals surface area contributed by atoms with Gasteiger partial charge in [-0.25, -0.2) is 0 Å². The maximum absolute atomic E-state index is 9.69. The smallest absolute Gasteiger partial charge is 0.124 e. The Labute approximate surface area is 114 Å². The van der Waals surface area contributed by atoms with Gasteiger partial charge in [-0.3, -0.25) is 10.1 Å². The van der Waals surface area contributed by atoms with E-state index in [9.17, 15) is 5.11 Å². The fraction of sp³-hybridized carbons (Fsp3) is 0. The highest BCUT2D eigenvalue weighted by atomic mass is 35.5. The van der Waals surface area contributed by atoms with Gasteiger partial charge in [0.25, 0.3) is 0 Å². The molecule has 0 bridgehead atoms. The Morgan fingerprint density at radius 2 is 2.11 bits per heavy atom. The molecule has 94 valence electrons. The second kappa shape index (κ2) is 4.74. The third-order valence-electron chi connectivity index (χ3n) is 2.77. The summed E-state index contributed by atoms with van der Waals surface area (Å²) in [5.74, 6) is 0.150. The zero-order valence-corrected chi connectivity index (χ0v) is 10.6. The van der Waals surface area contributed by atoms with E-state index >= 15 is 0 Å². The number of H-pyrrole nitrogens is 1. The minimum absolute atomic E-state index is 0.150. The first-order valence-corrected chi connectivity index (χ1v) is 6.06. The maximum Gasteiger partial charge on any atom is 0.124 e. The van der Waals surface area contributed by atoms with Crippen LogP contribution in [0.5, 0.6) is 5.75 Å². The lowest BCUT2D eigenvalue weighted by molar-refractivity contribution is 0.474. The molecular weight excluding hydrogens is 262 g/mol. The number of aromatic amines is 1. The molecule has 0 atom stereocenters. The summed E-state index contributed by atoms with van der Waals surface area (Å²) in [6, 6.07) is 10.5. The quantitative estimate of drug-likeness (QED) is 0.699. The summed E-state index contributed by atoms with van der Waals surface area (Å²) in [5.41, 5.74) is 2.33. The van der Waals surface area contributed by atoms with Crippen molar-refractivity contribution in [1.29, 1.82) is 0 Å². The number of nitrogens with one attached hydrogen (secondary N) is 1. The van der Waals surface area contributed by atoms with Gasteiger partial charge in [0, 0.05) is 22.2 Å². The largest absolute Gasteiger partial charge is 0.507 e. The molecule has 0 aliphatic carbocycles. The monoisotopic (exact) mass is 271 g/mol. The van der Waals surface area contributed by atoms with Crippen molar-refractivity contribution in [1.82, 2.24) is 10.2 Å². The average molecular weight is 272 g/mol. The Hall–Kier alpha value is -2.33. The van der Waals surface area contributed by atoms with Crippen LogP contribution in [0.3, 0.4) is 0 Å². The molecule has 4 nitrogen and oxygen atoms in total. The molecule has 5 heteroatoms. The zero-order valence-electron chi connectivity index (χ0n) is 9.84. The number of hydrogen-bond donors (Lipinski definition) is 2. The molecule has 1 aromatic heterocycles. The number of nitrogens with zero attached hydrogens (tertiary/aromatic N) is 2. The van der Waals surface area contributed by atoms with E-state index in [0.29, 0.717) is 10.6 Å². The number of aliphatic imine (C=N–C) groups is 1.